The normalized spacial score (nSPS) is 11.0. The van der Waals surface area contributed by atoms with Gasteiger partial charge in [-0.2, -0.15) is 0 Å². The second-order valence-electron chi connectivity index (χ2n) is 6.90. The van der Waals surface area contributed by atoms with Gasteiger partial charge >= 0.3 is 0 Å². The first-order valence-electron chi connectivity index (χ1n) is 9.04. The maximum Gasteiger partial charge on any atom is 0.277 e. The van der Waals surface area contributed by atoms with Crippen molar-refractivity contribution in [2.45, 2.75) is 13.8 Å². The molecule has 0 saturated carbocycles. The number of aromatic nitrogens is 4. The average Bonchev–Trinajstić information content (AvgIpc) is 3.24. The van der Waals surface area contributed by atoms with Crippen LogP contribution < -0.4 is 11.1 Å². The molecule has 0 spiro atoms. The van der Waals surface area contributed by atoms with Gasteiger partial charge in [-0.05, 0) is 37.6 Å². The number of carbonyl (C=O) groups excluding carboxylic acids is 2. The van der Waals surface area contributed by atoms with E-state index in [9.17, 15) is 9.59 Å². The molecular weight excluding hydrogens is 368 g/mol. The van der Waals surface area contributed by atoms with Crippen molar-refractivity contribution in [3.63, 3.8) is 0 Å². The third-order valence-corrected chi connectivity index (χ3v) is 4.84. The van der Waals surface area contributed by atoms with Gasteiger partial charge in [-0.3, -0.25) is 19.5 Å². The minimum Gasteiger partial charge on any atom is -0.364 e. The van der Waals surface area contributed by atoms with Crippen molar-refractivity contribution < 1.29 is 9.59 Å². The van der Waals surface area contributed by atoms with E-state index < -0.39 is 11.8 Å². The van der Waals surface area contributed by atoms with Crippen LogP contribution in [-0.2, 0) is 7.05 Å². The quantitative estimate of drug-likeness (QED) is 0.560. The molecule has 3 N–H and O–H groups in total. The molecule has 2 aromatic carbocycles. The first-order valence-corrected chi connectivity index (χ1v) is 9.04. The fourth-order valence-electron chi connectivity index (χ4n) is 3.42. The summed E-state index contributed by atoms with van der Waals surface area (Å²) in [7, 11) is 1.81. The molecule has 0 aliphatic carbocycles. The summed E-state index contributed by atoms with van der Waals surface area (Å²) < 4.78 is 3.35. The first kappa shape index (κ1) is 18.4. The summed E-state index contributed by atoms with van der Waals surface area (Å²) >= 11 is 0. The Bertz CT molecular complexity index is 1270. The van der Waals surface area contributed by atoms with Crippen LogP contribution in [0.5, 0.6) is 0 Å². The Morgan fingerprint density at radius 2 is 1.86 bits per heavy atom. The predicted molar refractivity (Wildman–Crippen MR) is 110 cm³/mol. The number of fused-ring (bicyclic) bond motifs is 1. The van der Waals surface area contributed by atoms with Gasteiger partial charge in [0.15, 0.2) is 5.69 Å². The molecule has 2 heterocycles. The number of carbonyl (C=O) groups is 2. The molecule has 0 aliphatic heterocycles. The Morgan fingerprint density at radius 1 is 1.10 bits per heavy atom. The summed E-state index contributed by atoms with van der Waals surface area (Å²) in [4.78, 5) is 33.6. The predicted octanol–water partition coefficient (Wildman–Crippen LogP) is 2.73. The summed E-state index contributed by atoms with van der Waals surface area (Å²) in [5, 5.41) is 2.78. The largest absolute Gasteiger partial charge is 0.364 e. The molecule has 0 saturated heterocycles. The number of aryl methyl sites for hydroxylation is 3. The molecule has 29 heavy (non-hydrogen) atoms. The molecule has 0 bridgehead atoms. The zero-order valence-corrected chi connectivity index (χ0v) is 16.3. The van der Waals surface area contributed by atoms with Crippen LogP contribution in [0.25, 0.3) is 16.7 Å². The van der Waals surface area contributed by atoms with Crippen LogP contribution in [0.4, 0.5) is 5.95 Å². The van der Waals surface area contributed by atoms with Crippen molar-refractivity contribution in [1.29, 1.82) is 0 Å². The smallest absolute Gasteiger partial charge is 0.277 e. The maximum absolute atomic E-state index is 13.2. The number of rotatable bonds is 4. The number of nitrogens with one attached hydrogen (secondary N) is 1. The van der Waals surface area contributed by atoms with Gasteiger partial charge in [-0.25, -0.2) is 9.97 Å². The van der Waals surface area contributed by atoms with Gasteiger partial charge in [0, 0.05) is 7.05 Å². The monoisotopic (exact) mass is 388 g/mol. The van der Waals surface area contributed by atoms with E-state index in [1.165, 1.54) is 6.33 Å². The highest BCUT2D eigenvalue weighted by Gasteiger charge is 2.25. The number of anilines is 1. The van der Waals surface area contributed by atoms with E-state index in [0.717, 1.165) is 27.8 Å². The molecule has 0 aliphatic rings. The van der Waals surface area contributed by atoms with E-state index >= 15 is 0 Å². The number of primary amides is 1. The summed E-state index contributed by atoms with van der Waals surface area (Å²) in [5.41, 5.74) is 9.85. The van der Waals surface area contributed by atoms with Crippen molar-refractivity contribution >= 4 is 28.8 Å². The van der Waals surface area contributed by atoms with Crippen LogP contribution in [0.15, 0.2) is 48.8 Å². The number of hydrogen-bond donors (Lipinski definition) is 2. The van der Waals surface area contributed by atoms with Gasteiger partial charge in [0.1, 0.15) is 12.0 Å². The Labute approximate surface area is 167 Å². The molecule has 0 radical (unpaired) electrons. The molecule has 146 valence electrons. The second-order valence-corrected chi connectivity index (χ2v) is 6.90. The highest BCUT2D eigenvalue weighted by atomic mass is 16.2. The highest BCUT2D eigenvalue weighted by Crippen LogP contribution is 2.22. The molecule has 2 amide bonds. The number of nitrogens with two attached hydrogens (primary N) is 1. The van der Waals surface area contributed by atoms with Gasteiger partial charge in [-0.1, -0.05) is 29.8 Å². The van der Waals surface area contributed by atoms with E-state index in [1.54, 1.807) is 16.2 Å². The number of nitrogens with zero attached hydrogens (tertiary/aromatic N) is 4. The van der Waals surface area contributed by atoms with Gasteiger partial charge in [-0.15, -0.1) is 0 Å². The van der Waals surface area contributed by atoms with Gasteiger partial charge in [0.05, 0.1) is 16.7 Å². The molecular formula is C21H20N6O2. The van der Waals surface area contributed by atoms with Crippen LogP contribution in [0.1, 0.15) is 32.1 Å². The zero-order chi connectivity index (χ0) is 20.7. The highest BCUT2D eigenvalue weighted by molar-refractivity contribution is 6.10. The summed E-state index contributed by atoms with van der Waals surface area (Å²) in [6, 6.07) is 13.3. The summed E-state index contributed by atoms with van der Waals surface area (Å²) in [5.74, 6) is -0.932. The lowest BCUT2D eigenvalue weighted by Crippen LogP contribution is -2.24. The lowest BCUT2D eigenvalue weighted by molar-refractivity contribution is 0.0970. The van der Waals surface area contributed by atoms with Crippen molar-refractivity contribution in [1.82, 2.24) is 19.1 Å². The number of para-hydroxylation sites is 2. The molecule has 8 nitrogen and oxygen atoms in total. The minimum absolute atomic E-state index is 0.0662. The fraction of sp³-hybridized carbons (Fsp3) is 0.143. The van der Waals surface area contributed by atoms with Crippen molar-refractivity contribution in [2.24, 2.45) is 12.8 Å². The van der Waals surface area contributed by atoms with Gasteiger partial charge in [0.25, 0.3) is 11.8 Å². The van der Waals surface area contributed by atoms with Crippen LogP contribution in [0.3, 0.4) is 0 Å². The van der Waals surface area contributed by atoms with E-state index in [4.69, 9.17) is 5.73 Å². The third kappa shape index (κ3) is 3.14. The van der Waals surface area contributed by atoms with Crippen molar-refractivity contribution in [2.75, 3.05) is 5.32 Å². The Hall–Kier alpha value is -3.94. The topological polar surface area (TPSA) is 108 Å². The minimum atomic E-state index is -0.774. The van der Waals surface area contributed by atoms with Crippen LogP contribution in [0.2, 0.25) is 0 Å². The molecule has 8 heteroatoms. The molecule has 2 aromatic heterocycles. The molecule has 0 fully saturated rings. The number of hydrogen-bond acceptors (Lipinski definition) is 4. The van der Waals surface area contributed by atoms with E-state index in [2.05, 4.69) is 15.3 Å². The Morgan fingerprint density at radius 3 is 2.55 bits per heavy atom. The first-order chi connectivity index (χ1) is 13.9. The number of imidazole rings is 2. The second kappa shape index (κ2) is 6.90. The molecule has 4 rings (SSSR count). The van der Waals surface area contributed by atoms with Gasteiger partial charge in [0.2, 0.25) is 5.95 Å². The van der Waals surface area contributed by atoms with Crippen molar-refractivity contribution in [3.05, 3.63) is 71.3 Å². The summed E-state index contributed by atoms with van der Waals surface area (Å²) in [6.07, 6.45) is 1.43. The van der Waals surface area contributed by atoms with Crippen LogP contribution in [0, 0.1) is 13.8 Å². The van der Waals surface area contributed by atoms with Crippen LogP contribution >= 0.6 is 0 Å². The van der Waals surface area contributed by atoms with E-state index in [1.807, 2.05) is 56.3 Å². The SMILES string of the molecule is Cc1ccc(-n2cnc(C(N)=O)c2C(=O)Nc2nc3ccccc3n2C)c(C)c1. The summed E-state index contributed by atoms with van der Waals surface area (Å²) in [6.45, 7) is 3.91. The number of amides is 2. The van der Waals surface area contributed by atoms with Crippen LogP contribution in [-0.4, -0.2) is 30.9 Å². The maximum atomic E-state index is 13.2. The molecule has 4 aromatic rings. The zero-order valence-electron chi connectivity index (χ0n) is 16.3. The lowest BCUT2D eigenvalue weighted by Gasteiger charge is -2.12. The van der Waals surface area contributed by atoms with E-state index in [0.29, 0.717) is 5.95 Å². The third-order valence-electron chi connectivity index (χ3n) is 4.84. The average molecular weight is 388 g/mol. The van der Waals surface area contributed by atoms with Gasteiger partial charge < -0.3 is 10.3 Å². The van der Waals surface area contributed by atoms with Crippen molar-refractivity contribution in [3.8, 4) is 5.69 Å². The number of benzene rings is 2. The van der Waals surface area contributed by atoms with E-state index in [-0.39, 0.29) is 11.4 Å². The molecule has 0 atom stereocenters. The Balaban J connectivity index is 1.80. The Kier molecular flexibility index (Phi) is 4.38. The molecule has 0 unspecified atom stereocenters. The lowest BCUT2D eigenvalue weighted by atomic mass is 10.1. The standard InChI is InChI=1S/C21H20N6O2/c1-12-8-9-15(13(2)10-12)27-11-23-17(19(22)28)18(27)20(29)25-21-24-14-6-4-5-7-16(14)26(21)3/h4-11H,1-3H3,(H2,22,28)(H,24,25,29). The fourth-order valence-corrected chi connectivity index (χ4v) is 3.42.